The number of nitrogens with zero attached hydrogens (tertiary/aromatic N) is 2. The van der Waals surface area contributed by atoms with E-state index in [-0.39, 0.29) is 19.1 Å². The summed E-state index contributed by atoms with van der Waals surface area (Å²) in [6, 6.07) is -1.59. The Labute approximate surface area is 194 Å². The van der Waals surface area contributed by atoms with Gasteiger partial charge in [0.1, 0.15) is 6.04 Å². The lowest BCUT2D eigenvalue weighted by Gasteiger charge is -2.38. The molecule has 2 saturated heterocycles. The summed E-state index contributed by atoms with van der Waals surface area (Å²) in [6.07, 6.45) is 9.06. The van der Waals surface area contributed by atoms with Crippen LogP contribution >= 0.6 is 0 Å². The fraction of sp³-hybridized carbons (Fsp3) is 0.958. The van der Waals surface area contributed by atoms with Crippen LogP contribution in [0.4, 0.5) is 0 Å². The first-order valence-corrected chi connectivity index (χ1v) is 12.9. The maximum absolute atomic E-state index is 13.2. The number of aliphatic hydroxyl groups excluding tert-OH is 4. The number of nitrogens with one attached hydrogen (secondary N) is 1. The number of amides is 1. The lowest BCUT2D eigenvalue weighted by atomic mass is 9.98. The van der Waals surface area contributed by atoms with Crippen molar-refractivity contribution < 1.29 is 25.2 Å². The largest absolute Gasteiger partial charge is 0.396 e. The summed E-state index contributed by atoms with van der Waals surface area (Å²) in [4.78, 5) is 17.4. The normalized spacial score (nSPS) is 27.8. The number of likely N-dealkylation sites (tertiary alicyclic amines) is 2. The number of rotatable bonds is 16. The molecule has 0 aromatic rings. The van der Waals surface area contributed by atoms with Crippen molar-refractivity contribution in [1.82, 2.24) is 15.1 Å². The molecule has 1 unspecified atom stereocenters. The first kappa shape index (κ1) is 27.5. The second-order valence-corrected chi connectivity index (χ2v) is 9.49. The number of carbonyl (C=O) groups is 1. The Morgan fingerprint density at radius 1 is 0.938 bits per heavy atom. The molecular weight excluding hydrogens is 410 g/mol. The van der Waals surface area contributed by atoms with Gasteiger partial charge in [-0.15, -0.1) is 0 Å². The Hall–Kier alpha value is -0.770. The maximum atomic E-state index is 13.2. The van der Waals surface area contributed by atoms with Gasteiger partial charge in [-0.2, -0.15) is 0 Å². The number of unbranched alkanes of at least 4 members (excludes halogenated alkanes) is 7. The number of aliphatic hydroxyl groups is 4. The Morgan fingerprint density at radius 2 is 1.56 bits per heavy atom. The van der Waals surface area contributed by atoms with E-state index < -0.39 is 30.3 Å². The Morgan fingerprint density at radius 3 is 2.16 bits per heavy atom. The molecule has 0 saturated carbocycles. The van der Waals surface area contributed by atoms with Crippen molar-refractivity contribution in [2.45, 2.75) is 108 Å². The maximum Gasteiger partial charge on any atom is 0.239 e. The zero-order valence-corrected chi connectivity index (χ0v) is 20.0. The van der Waals surface area contributed by atoms with Crippen molar-refractivity contribution in [3.05, 3.63) is 0 Å². The van der Waals surface area contributed by atoms with Gasteiger partial charge in [0.25, 0.3) is 0 Å². The molecule has 2 heterocycles. The van der Waals surface area contributed by atoms with Gasteiger partial charge in [-0.25, -0.2) is 0 Å². The van der Waals surface area contributed by atoms with Crippen LogP contribution in [0.3, 0.4) is 0 Å². The van der Waals surface area contributed by atoms with Crippen molar-refractivity contribution >= 4 is 5.91 Å². The van der Waals surface area contributed by atoms with Gasteiger partial charge < -0.3 is 25.7 Å². The smallest absolute Gasteiger partial charge is 0.239 e. The van der Waals surface area contributed by atoms with Gasteiger partial charge in [0.05, 0.1) is 30.9 Å². The van der Waals surface area contributed by atoms with Gasteiger partial charge in [0, 0.05) is 13.2 Å². The minimum absolute atomic E-state index is 0.0796. The summed E-state index contributed by atoms with van der Waals surface area (Å²) in [7, 11) is 0. The molecule has 2 aliphatic heterocycles. The predicted molar refractivity (Wildman–Crippen MR) is 125 cm³/mol. The molecule has 5 N–H and O–H groups in total. The second kappa shape index (κ2) is 15.2. The van der Waals surface area contributed by atoms with Gasteiger partial charge in [-0.3, -0.25) is 14.6 Å². The van der Waals surface area contributed by atoms with Gasteiger partial charge in [-0.1, -0.05) is 45.4 Å². The minimum Gasteiger partial charge on any atom is -0.396 e. The molecule has 2 aliphatic rings. The molecule has 1 amide bonds. The van der Waals surface area contributed by atoms with Crippen LogP contribution in [0.5, 0.6) is 0 Å². The number of hydrogen-bond acceptors (Lipinski definition) is 7. The van der Waals surface area contributed by atoms with Crippen molar-refractivity contribution in [2.75, 3.05) is 39.4 Å². The van der Waals surface area contributed by atoms with Crippen molar-refractivity contribution in [3.63, 3.8) is 0 Å². The summed E-state index contributed by atoms with van der Waals surface area (Å²) in [6.45, 7) is 5.00. The van der Waals surface area contributed by atoms with E-state index in [2.05, 4.69) is 17.1 Å². The van der Waals surface area contributed by atoms with E-state index in [1.807, 2.05) is 4.90 Å². The minimum atomic E-state index is -1.06. The quantitative estimate of drug-likeness (QED) is 0.218. The van der Waals surface area contributed by atoms with Crippen LogP contribution in [0.25, 0.3) is 0 Å². The van der Waals surface area contributed by atoms with E-state index >= 15 is 0 Å². The molecule has 2 fully saturated rings. The zero-order valence-electron chi connectivity index (χ0n) is 20.0. The molecule has 0 radical (unpaired) electrons. The summed E-state index contributed by atoms with van der Waals surface area (Å²) in [5.41, 5.74) is 0. The number of carbonyl (C=O) groups excluding carboxylic acids is 1. The highest BCUT2D eigenvalue weighted by atomic mass is 16.3. The van der Waals surface area contributed by atoms with Gasteiger partial charge in [0.15, 0.2) is 0 Å². The SMILES string of the molecule is CCCCNC(=O)C([C@@H]1[C@H](O)[C@H](O)[C@@H](CO)N1CCCCCCCCCO)N1CCCC1. The molecule has 0 aromatic heterocycles. The third-order valence-corrected chi connectivity index (χ3v) is 7.12. The van der Waals surface area contributed by atoms with Crippen molar-refractivity contribution in [2.24, 2.45) is 0 Å². The Balaban J connectivity index is 2.04. The molecule has 8 heteroatoms. The fourth-order valence-electron chi connectivity index (χ4n) is 5.28. The second-order valence-electron chi connectivity index (χ2n) is 9.49. The Kier molecular flexibility index (Phi) is 13.0. The molecule has 5 atom stereocenters. The van der Waals surface area contributed by atoms with E-state index in [1.54, 1.807) is 0 Å². The average molecular weight is 458 g/mol. The topological polar surface area (TPSA) is 116 Å². The lowest BCUT2D eigenvalue weighted by molar-refractivity contribution is -0.130. The third kappa shape index (κ3) is 7.64. The molecule has 0 spiro atoms. The summed E-state index contributed by atoms with van der Waals surface area (Å²) in [5, 5.41) is 43.6. The molecule has 2 rings (SSSR count). The van der Waals surface area contributed by atoms with Crippen LogP contribution in [0.1, 0.15) is 77.6 Å². The molecular formula is C24H47N3O5. The van der Waals surface area contributed by atoms with E-state index in [1.165, 1.54) is 0 Å². The van der Waals surface area contributed by atoms with Crippen LogP contribution in [-0.2, 0) is 4.79 Å². The summed E-state index contributed by atoms with van der Waals surface area (Å²) >= 11 is 0. The van der Waals surface area contributed by atoms with Gasteiger partial charge >= 0.3 is 0 Å². The van der Waals surface area contributed by atoms with Crippen LogP contribution in [0.2, 0.25) is 0 Å². The Bertz CT molecular complexity index is 518. The van der Waals surface area contributed by atoms with Crippen molar-refractivity contribution in [1.29, 1.82) is 0 Å². The van der Waals surface area contributed by atoms with Crippen LogP contribution < -0.4 is 5.32 Å². The number of hydrogen-bond donors (Lipinski definition) is 5. The van der Waals surface area contributed by atoms with Gasteiger partial charge in [0.2, 0.25) is 5.91 Å². The molecule has 0 aromatic carbocycles. The molecule has 8 nitrogen and oxygen atoms in total. The van der Waals surface area contributed by atoms with E-state index in [4.69, 9.17) is 5.11 Å². The predicted octanol–water partition coefficient (Wildman–Crippen LogP) is 0.857. The van der Waals surface area contributed by atoms with Gasteiger partial charge in [-0.05, 0) is 51.7 Å². The van der Waals surface area contributed by atoms with E-state index in [9.17, 15) is 20.1 Å². The zero-order chi connectivity index (χ0) is 23.3. The van der Waals surface area contributed by atoms with Crippen LogP contribution in [0, 0.1) is 0 Å². The van der Waals surface area contributed by atoms with E-state index in [0.29, 0.717) is 13.1 Å². The summed E-state index contributed by atoms with van der Waals surface area (Å²) in [5.74, 6) is -0.0796. The van der Waals surface area contributed by atoms with Crippen LogP contribution in [-0.4, -0.2) is 106 Å². The standard InChI is InChI=1S/C24H47N3O5/c1-2-3-13-25-24(32)21(26-14-10-11-15-26)20-23(31)22(30)19(18-29)27(20)16-9-7-5-4-6-8-12-17-28/h19-23,28-31H,2-18H2,1H3,(H,25,32)/t19-,20-,21?,22-,23+/m1/s1. The third-order valence-electron chi connectivity index (χ3n) is 7.12. The first-order chi connectivity index (χ1) is 15.6. The molecule has 0 aliphatic carbocycles. The highest BCUT2D eigenvalue weighted by molar-refractivity contribution is 5.83. The average Bonchev–Trinajstić information content (AvgIpc) is 3.39. The fourth-order valence-corrected chi connectivity index (χ4v) is 5.28. The van der Waals surface area contributed by atoms with E-state index in [0.717, 1.165) is 83.7 Å². The highest BCUT2D eigenvalue weighted by Crippen LogP contribution is 2.31. The molecule has 32 heavy (non-hydrogen) atoms. The highest BCUT2D eigenvalue weighted by Gasteiger charge is 2.53. The molecule has 188 valence electrons. The summed E-state index contributed by atoms with van der Waals surface area (Å²) < 4.78 is 0. The first-order valence-electron chi connectivity index (χ1n) is 12.9. The van der Waals surface area contributed by atoms with Crippen molar-refractivity contribution in [3.8, 4) is 0 Å². The van der Waals surface area contributed by atoms with Crippen LogP contribution in [0.15, 0.2) is 0 Å². The molecule has 0 bridgehead atoms. The monoisotopic (exact) mass is 457 g/mol. The lowest BCUT2D eigenvalue weighted by Crippen LogP contribution is -2.60.